The van der Waals surface area contributed by atoms with Crippen LogP contribution in [0.5, 0.6) is 0 Å². The molecule has 0 aliphatic carbocycles. The molecule has 1 aliphatic rings. The lowest BCUT2D eigenvalue weighted by Gasteiger charge is -2.14. The van der Waals surface area contributed by atoms with E-state index in [0.29, 0.717) is 11.4 Å². The van der Waals surface area contributed by atoms with Crippen LogP contribution >= 0.6 is 0 Å². The fraction of sp³-hybridized carbons (Fsp3) is 0.417. The van der Waals surface area contributed by atoms with Crippen molar-refractivity contribution in [2.45, 2.75) is 24.8 Å². The molecule has 1 aromatic rings. The van der Waals surface area contributed by atoms with E-state index in [9.17, 15) is 13.5 Å². The van der Waals surface area contributed by atoms with E-state index in [2.05, 4.69) is 9.71 Å². The van der Waals surface area contributed by atoms with Gasteiger partial charge in [-0.05, 0) is 18.1 Å². The van der Waals surface area contributed by atoms with Crippen LogP contribution in [0.4, 0.5) is 0 Å². The summed E-state index contributed by atoms with van der Waals surface area (Å²) < 4.78 is 26.1. The number of fused-ring (bicyclic) bond motifs is 1. The summed E-state index contributed by atoms with van der Waals surface area (Å²) in [6.07, 6.45) is 0. The first-order valence-corrected chi connectivity index (χ1v) is 7.25. The van der Waals surface area contributed by atoms with E-state index < -0.39 is 10.0 Å². The summed E-state index contributed by atoms with van der Waals surface area (Å²) >= 11 is 0. The lowest BCUT2D eigenvalue weighted by atomic mass is 10.1. The van der Waals surface area contributed by atoms with Crippen molar-refractivity contribution in [3.63, 3.8) is 0 Å². The van der Waals surface area contributed by atoms with Crippen LogP contribution in [0.1, 0.15) is 19.4 Å². The predicted molar refractivity (Wildman–Crippen MR) is 69.0 cm³/mol. The van der Waals surface area contributed by atoms with Crippen molar-refractivity contribution < 1.29 is 13.5 Å². The molecule has 0 spiro atoms. The van der Waals surface area contributed by atoms with Crippen LogP contribution in [0.15, 0.2) is 34.2 Å². The number of sulfonamides is 1. The van der Waals surface area contributed by atoms with Gasteiger partial charge in [0.15, 0.2) is 0 Å². The molecule has 0 saturated carbocycles. The maximum absolute atomic E-state index is 11.8. The predicted octanol–water partition coefficient (Wildman–Crippen LogP) is 0.742. The zero-order valence-electron chi connectivity index (χ0n) is 10.3. The first-order chi connectivity index (χ1) is 8.45. The average Bonchev–Trinajstić information content (AvgIpc) is 2.58. The second-order valence-electron chi connectivity index (χ2n) is 4.57. The highest BCUT2D eigenvalue weighted by molar-refractivity contribution is 7.90. The summed E-state index contributed by atoms with van der Waals surface area (Å²) in [6.45, 7) is 3.76. The first-order valence-electron chi connectivity index (χ1n) is 5.76. The van der Waals surface area contributed by atoms with Gasteiger partial charge in [0.2, 0.25) is 0 Å². The summed E-state index contributed by atoms with van der Waals surface area (Å²) in [6, 6.07) is 6.38. The van der Waals surface area contributed by atoms with Gasteiger partial charge in [-0.1, -0.05) is 26.0 Å². The molecule has 18 heavy (non-hydrogen) atoms. The monoisotopic (exact) mass is 268 g/mol. The van der Waals surface area contributed by atoms with Crippen molar-refractivity contribution >= 4 is 15.9 Å². The van der Waals surface area contributed by atoms with E-state index in [-0.39, 0.29) is 23.5 Å². The highest BCUT2D eigenvalue weighted by Crippen LogP contribution is 2.23. The second-order valence-corrected chi connectivity index (χ2v) is 6.22. The molecule has 0 radical (unpaired) electrons. The molecule has 98 valence electrons. The first kappa shape index (κ1) is 13.0. The van der Waals surface area contributed by atoms with E-state index in [1.54, 1.807) is 24.3 Å². The molecule has 0 unspecified atom stereocenters. The Bertz CT molecular complexity index is 579. The van der Waals surface area contributed by atoms with Crippen LogP contribution < -0.4 is 4.72 Å². The van der Waals surface area contributed by atoms with Crippen LogP contribution in [0.2, 0.25) is 0 Å². The van der Waals surface area contributed by atoms with E-state index in [1.165, 1.54) is 0 Å². The molecule has 5 nitrogen and oxygen atoms in total. The van der Waals surface area contributed by atoms with Crippen molar-refractivity contribution in [2.75, 3.05) is 6.61 Å². The number of aliphatic imine (C=N–C) groups is 1. The van der Waals surface area contributed by atoms with Crippen molar-refractivity contribution in [1.82, 2.24) is 4.72 Å². The Kier molecular flexibility index (Phi) is 3.41. The molecule has 0 saturated heterocycles. The normalized spacial score (nSPS) is 20.8. The summed E-state index contributed by atoms with van der Waals surface area (Å²) in [5.74, 6) is 0.457. The molecular formula is C12H16N2O3S. The van der Waals surface area contributed by atoms with Crippen LogP contribution in [-0.4, -0.2) is 32.0 Å². The Morgan fingerprint density at radius 3 is 2.61 bits per heavy atom. The van der Waals surface area contributed by atoms with Crippen molar-refractivity contribution in [2.24, 2.45) is 10.9 Å². The Labute approximate surface area is 107 Å². The number of benzene rings is 1. The topological polar surface area (TPSA) is 78.8 Å². The molecule has 6 heteroatoms. The Hall–Kier alpha value is -1.40. The van der Waals surface area contributed by atoms with Gasteiger partial charge in [0.05, 0.1) is 17.5 Å². The molecule has 2 N–H and O–H groups in total. The third kappa shape index (κ3) is 2.26. The van der Waals surface area contributed by atoms with E-state index in [0.717, 1.165) is 0 Å². The molecule has 2 rings (SSSR count). The van der Waals surface area contributed by atoms with Gasteiger partial charge in [-0.15, -0.1) is 0 Å². The van der Waals surface area contributed by atoms with E-state index in [1.807, 2.05) is 13.8 Å². The summed E-state index contributed by atoms with van der Waals surface area (Å²) in [5, 5.41) is 9.25. The number of aliphatic hydroxyl groups is 1. The molecule has 0 amide bonds. The quantitative estimate of drug-likeness (QED) is 0.848. The van der Waals surface area contributed by atoms with Crippen LogP contribution in [-0.2, 0) is 10.0 Å². The highest BCUT2D eigenvalue weighted by atomic mass is 32.2. The van der Waals surface area contributed by atoms with Crippen molar-refractivity contribution in [3.8, 4) is 0 Å². The largest absolute Gasteiger partial charge is 0.394 e. The highest BCUT2D eigenvalue weighted by Gasteiger charge is 2.30. The van der Waals surface area contributed by atoms with Gasteiger partial charge in [0, 0.05) is 5.56 Å². The van der Waals surface area contributed by atoms with E-state index in [4.69, 9.17) is 0 Å². The van der Waals surface area contributed by atoms with Gasteiger partial charge in [-0.2, -0.15) is 0 Å². The molecule has 1 aliphatic heterocycles. The zero-order valence-corrected chi connectivity index (χ0v) is 11.1. The van der Waals surface area contributed by atoms with Gasteiger partial charge in [-0.25, -0.2) is 8.42 Å². The minimum Gasteiger partial charge on any atom is -0.394 e. The number of hydrogen-bond acceptors (Lipinski definition) is 4. The van der Waals surface area contributed by atoms with E-state index >= 15 is 0 Å². The maximum atomic E-state index is 11.8. The molecular weight excluding hydrogens is 252 g/mol. The minimum atomic E-state index is -3.50. The summed E-state index contributed by atoms with van der Waals surface area (Å²) in [4.78, 5) is 4.55. The van der Waals surface area contributed by atoms with Gasteiger partial charge < -0.3 is 5.11 Å². The third-order valence-corrected chi connectivity index (χ3v) is 4.31. The van der Waals surface area contributed by atoms with Crippen LogP contribution in [0.25, 0.3) is 0 Å². The summed E-state index contributed by atoms with van der Waals surface area (Å²) in [5.41, 5.74) is 0.566. The van der Waals surface area contributed by atoms with Crippen molar-refractivity contribution in [1.29, 1.82) is 0 Å². The number of nitrogens with one attached hydrogen (secondary N) is 1. The smallest absolute Gasteiger partial charge is 0.263 e. The lowest BCUT2D eigenvalue weighted by Crippen LogP contribution is -2.27. The van der Waals surface area contributed by atoms with Crippen LogP contribution in [0, 0.1) is 5.92 Å². The molecule has 0 fully saturated rings. The average molecular weight is 268 g/mol. The number of nitrogens with zero attached hydrogens (tertiary/aromatic N) is 1. The molecule has 0 bridgehead atoms. The van der Waals surface area contributed by atoms with Crippen LogP contribution in [0.3, 0.4) is 0 Å². The SMILES string of the molecule is CC(C)[C@@H](CO)N=C1NS(=O)(=O)c2ccccc21. The Balaban J connectivity index is 2.48. The number of amidine groups is 1. The van der Waals surface area contributed by atoms with Crippen molar-refractivity contribution in [3.05, 3.63) is 29.8 Å². The zero-order chi connectivity index (χ0) is 13.3. The minimum absolute atomic E-state index is 0.106. The number of rotatable bonds is 3. The fourth-order valence-electron chi connectivity index (χ4n) is 1.80. The van der Waals surface area contributed by atoms with Gasteiger partial charge in [-0.3, -0.25) is 9.71 Å². The lowest BCUT2D eigenvalue weighted by molar-refractivity contribution is 0.240. The third-order valence-electron chi connectivity index (χ3n) is 2.91. The Morgan fingerprint density at radius 1 is 1.33 bits per heavy atom. The van der Waals surface area contributed by atoms with Gasteiger partial charge in [0.25, 0.3) is 10.0 Å². The second kappa shape index (κ2) is 4.70. The molecule has 1 atom stereocenters. The summed E-state index contributed by atoms with van der Waals surface area (Å²) in [7, 11) is -3.50. The number of hydrogen-bond donors (Lipinski definition) is 2. The van der Waals surface area contributed by atoms with Gasteiger partial charge >= 0.3 is 0 Å². The molecule has 1 aromatic carbocycles. The maximum Gasteiger partial charge on any atom is 0.263 e. The van der Waals surface area contributed by atoms with Gasteiger partial charge in [0.1, 0.15) is 5.84 Å². The fourth-order valence-corrected chi connectivity index (χ4v) is 3.04. The standard InChI is InChI=1S/C12H16N2O3S/c1-8(2)10(7-15)13-12-9-5-3-4-6-11(9)18(16,17)14-12/h3-6,8,10,15H,7H2,1-2H3,(H,13,14)/t10-/m1/s1. The number of aliphatic hydroxyl groups excluding tert-OH is 1. The molecule has 1 heterocycles. The Morgan fingerprint density at radius 2 is 2.00 bits per heavy atom. The molecule has 0 aromatic heterocycles.